The van der Waals surface area contributed by atoms with Crippen molar-refractivity contribution in [2.75, 3.05) is 19.5 Å². The number of rotatable bonds is 9. The Morgan fingerprint density at radius 3 is 2.04 bits per heavy atom. The lowest BCUT2D eigenvalue weighted by Gasteiger charge is -2.27. The van der Waals surface area contributed by atoms with E-state index in [4.69, 9.17) is 10.5 Å². The van der Waals surface area contributed by atoms with Crippen LogP contribution in [0.4, 0.5) is 5.69 Å². The van der Waals surface area contributed by atoms with Gasteiger partial charge in [0.25, 0.3) is 0 Å². The maximum Gasteiger partial charge on any atom is 0.310 e. The first kappa shape index (κ1) is 19.7. The molecule has 0 spiro atoms. The summed E-state index contributed by atoms with van der Waals surface area (Å²) in [4.78, 5) is 24.4. The summed E-state index contributed by atoms with van der Waals surface area (Å²) in [7, 11) is 1.53. The standard InChI is InChI=1S/C21H25NO4/c1-3-21(20(24)25,12-13-26-2)14-19(23)17-6-4-15(5-7-17)16-8-10-18(22)11-9-16/h4-11H,3,12-14,22H2,1-2H3,(H,24,25). The third kappa shape index (κ3) is 4.49. The number of carboxylic acids is 1. The van der Waals surface area contributed by atoms with E-state index in [1.807, 2.05) is 36.4 Å². The maximum atomic E-state index is 12.7. The molecule has 3 N–H and O–H groups in total. The molecule has 2 aromatic carbocycles. The predicted octanol–water partition coefficient (Wildman–Crippen LogP) is 4.03. The van der Waals surface area contributed by atoms with Crippen LogP contribution in [0.5, 0.6) is 0 Å². The molecule has 2 aromatic rings. The zero-order chi connectivity index (χ0) is 19.2. The molecule has 0 aromatic heterocycles. The molecule has 1 unspecified atom stereocenters. The Hall–Kier alpha value is -2.66. The number of hydrogen-bond acceptors (Lipinski definition) is 4. The minimum absolute atomic E-state index is 0.0383. The largest absolute Gasteiger partial charge is 0.481 e. The zero-order valence-corrected chi connectivity index (χ0v) is 15.2. The molecule has 0 amide bonds. The van der Waals surface area contributed by atoms with E-state index < -0.39 is 11.4 Å². The van der Waals surface area contributed by atoms with E-state index in [2.05, 4.69) is 0 Å². The number of ether oxygens (including phenoxy) is 1. The molecular formula is C21H25NO4. The molecule has 26 heavy (non-hydrogen) atoms. The average Bonchev–Trinajstić information content (AvgIpc) is 2.65. The Kier molecular flexibility index (Phi) is 6.52. The number of benzene rings is 2. The highest BCUT2D eigenvalue weighted by atomic mass is 16.5. The zero-order valence-electron chi connectivity index (χ0n) is 15.2. The third-order valence-electron chi connectivity index (χ3n) is 4.87. The van der Waals surface area contributed by atoms with Gasteiger partial charge in [-0.05, 0) is 36.1 Å². The molecule has 0 aliphatic heterocycles. The molecule has 0 heterocycles. The molecule has 1 atom stereocenters. The van der Waals surface area contributed by atoms with E-state index in [-0.39, 0.29) is 12.2 Å². The number of Topliss-reactive ketones (excluding diaryl/α,β-unsaturated/α-hetero) is 1. The number of nitrogen functional groups attached to an aromatic ring is 1. The van der Waals surface area contributed by atoms with E-state index in [1.165, 1.54) is 7.11 Å². The van der Waals surface area contributed by atoms with Gasteiger partial charge in [0.05, 0.1) is 5.41 Å². The van der Waals surface area contributed by atoms with Gasteiger partial charge in [-0.25, -0.2) is 0 Å². The fourth-order valence-electron chi connectivity index (χ4n) is 2.95. The Morgan fingerprint density at radius 2 is 1.58 bits per heavy atom. The van der Waals surface area contributed by atoms with Gasteiger partial charge in [0.2, 0.25) is 0 Å². The van der Waals surface area contributed by atoms with Crippen molar-refractivity contribution in [2.45, 2.75) is 26.2 Å². The van der Waals surface area contributed by atoms with Crippen LogP contribution < -0.4 is 5.73 Å². The van der Waals surface area contributed by atoms with Gasteiger partial charge in [0.15, 0.2) is 5.78 Å². The summed E-state index contributed by atoms with van der Waals surface area (Å²) in [5, 5.41) is 9.64. The molecule has 0 aliphatic carbocycles. The fraction of sp³-hybridized carbons (Fsp3) is 0.333. The monoisotopic (exact) mass is 355 g/mol. The Balaban J connectivity index is 2.18. The van der Waals surface area contributed by atoms with Crippen LogP contribution in [0.15, 0.2) is 48.5 Å². The first-order valence-electron chi connectivity index (χ1n) is 8.63. The summed E-state index contributed by atoms with van der Waals surface area (Å²) >= 11 is 0. The first-order valence-corrected chi connectivity index (χ1v) is 8.63. The summed E-state index contributed by atoms with van der Waals surface area (Å²) in [6.45, 7) is 2.10. The van der Waals surface area contributed by atoms with Crippen LogP contribution in [0.2, 0.25) is 0 Å². The van der Waals surface area contributed by atoms with E-state index >= 15 is 0 Å². The van der Waals surface area contributed by atoms with Gasteiger partial charge in [0, 0.05) is 31.4 Å². The summed E-state index contributed by atoms with van der Waals surface area (Å²) in [5.74, 6) is -1.13. The van der Waals surface area contributed by atoms with Gasteiger partial charge in [-0.15, -0.1) is 0 Å². The van der Waals surface area contributed by atoms with Crippen LogP contribution in [0.3, 0.4) is 0 Å². The van der Waals surface area contributed by atoms with Gasteiger partial charge in [-0.1, -0.05) is 43.3 Å². The van der Waals surface area contributed by atoms with Crippen LogP contribution in [0, 0.1) is 5.41 Å². The Labute approximate surface area is 153 Å². The van der Waals surface area contributed by atoms with Crippen molar-refractivity contribution < 1.29 is 19.4 Å². The molecule has 0 fully saturated rings. The second-order valence-corrected chi connectivity index (χ2v) is 6.48. The molecule has 0 saturated carbocycles. The van der Waals surface area contributed by atoms with Crippen molar-refractivity contribution in [1.82, 2.24) is 0 Å². The van der Waals surface area contributed by atoms with E-state index in [9.17, 15) is 14.7 Å². The predicted molar refractivity (Wildman–Crippen MR) is 102 cm³/mol. The van der Waals surface area contributed by atoms with Crippen molar-refractivity contribution >= 4 is 17.4 Å². The molecule has 0 bridgehead atoms. The van der Waals surface area contributed by atoms with Crippen molar-refractivity contribution in [3.05, 3.63) is 54.1 Å². The normalized spacial score (nSPS) is 13.2. The highest BCUT2D eigenvalue weighted by Crippen LogP contribution is 2.33. The van der Waals surface area contributed by atoms with E-state index in [0.29, 0.717) is 30.7 Å². The lowest BCUT2D eigenvalue weighted by molar-refractivity contribution is -0.150. The minimum atomic E-state index is -1.09. The number of methoxy groups -OCH3 is 1. The quantitative estimate of drug-likeness (QED) is 0.524. The topological polar surface area (TPSA) is 89.6 Å². The molecule has 5 heteroatoms. The van der Waals surface area contributed by atoms with Crippen molar-refractivity contribution in [3.63, 3.8) is 0 Å². The van der Waals surface area contributed by atoms with Crippen LogP contribution in [0.25, 0.3) is 11.1 Å². The smallest absolute Gasteiger partial charge is 0.310 e. The number of nitrogens with two attached hydrogens (primary N) is 1. The number of hydrogen-bond donors (Lipinski definition) is 2. The molecular weight excluding hydrogens is 330 g/mol. The summed E-state index contributed by atoms with van der Waals surface area (Å²) < 4.78 is 5.03. The highest BCUT2D eigenvalue weighted by Gasteiger charge is 2.38. The second kappa shape index (κ2) is 8.63. The third-order valence-corrected chi connectivity index (χ3v) is 4.87. The highest BCUT2D eigenvalue weighted by molar-refractivity contribution is 5.99. The van der Waals surface area contributed by atoms with Gasteiger partial charge in [0.1, 0.15) is 0 Å². The van der Waals surface area contributed by atoms with Crippen molar-refractivity contribution in [3.8, 4) is 11.1 Å². The lowest BCUT2D eigenvalue weighted by Crippen LogP contribution is -2.34. The van der Waals surface area contributed by atoms with E-state index in [1.54, 1.807) is 19.1 Å². The molecule has 2 rings (SSSR count). The van der Waals surface area contributed by atoms with Crippen molar-refractivity contribution in [2.24, 2.45) is 5.41 Å². The molecule has 138 valence electrons. The number of carbonyl (C=O) groups excluding carboxylic acids is 1. The number of aliphatic carboxylic acids is 1. The Morgan fingerprint density at radius 1 is 1.04 bits per heavy atom. The summed E-state index contributed by atoms with van der Waals surface area (Å²) in [5.41, 5.74) is 7.79. The fourth-order valence-corrected chi connectivity index (χ4v) is 2.95. The number of carboxylic acid groups (broad SMARTS) is 1. The van der Waals surface area contributed by atoms with Gasteiger partial charge in [-0.2, -0.15) is 0 Å². The molecule has 0 aliphatic rings. The van der Waals surface area contributed by atoms with Gasteiger partial charge < -0.3 is 15.6 Å². The van der Waals surface area contributed by atoms with Crippen LogP contribution >= 0.6 is 0 Å². The lowest BCUT2D eigenvalue weighted by atomic mass is 9.76. The molecule has 0 radical (unpaired) electrons. The first-order chi connectivity index (χ1) is 12.4. The minimum Gasteiger partial charge on any atom is -0.481 e. The number of carbonyl (C=O) groups is 2. The molecule has 5 nitrogen and oxygen atoms in total. The van der Waals surface area contributed by atoms with E-state index in [0.717, 1.165) is 11.1 Å². The maximum absolute atomic E-state index is 12.7. The number of ketones is 1. The SMILES string of the molecule is CCC(CCOC)(CC(=O)c1ccc(-c2ccc(N)cc2)cc1)C(=O)O. The van der Waals surface area contributed by atoms with Crippen LogP contribution in [0.1, 0.15) is 36.5 Å². The van der Waals surface area contributed by atoms with Gasteiger partial charge in [-0.3, -0.25) is 9.59 Å². The summed E-state index contributed by atoms with van der Waals surface area (Å²) in [6.07, 6.45) is 0.648. The van der Waals surface area contributed by atoms with Gasteiger partial charge >= 0.3 is 5.97 Å². The second-order valence-electron chi connectivity index (χ2n) is 6.48. The van der Waals surface area contributed by atoms with Crippen LogP contribution in [-0.4, -0.2) is 30.6 Å². The molecule has 0 saturated heterocycles. The van der Waals surface area contributed by atoms with Crippen molar-refractivity contribution in [1.29, 1.82) is 0 Å². The summed E-state index contributed by atoms with van der Waals surface area (Å²) in [6, 6.07) is 14.7. The average molecular weight is 355 g/mol. The number of anilines is 1. The Bertz CT molecular complexity index is 753. The van der Waals surface area contributed by atoms with Crippen LogP contribution in [-0.2, 0) is 9.53 Å².